The number of hydrogen-bond donors (Lipinski definition) is 1. The minimum Gasteiger partial charge on any atom is -0.344 e. The predicted octanol–water partition coefficient (Wildman–Crippen LogP) is 1.70. The lowest BCUT2D eigenvalue weighted by atomic mass is 9.97. The molecule has 1 saturated heterocycles. The van der Waals surface area contributed by atoms with Crippen molar-refractivity contribution in [3.8, 4) is 0 Å². The first kappa shape index (κ1) is 16.0. The molecule has 0 aliphatic carbocycles. The molecule has 0 aromatic heterocycles. The summed E-state index contributed by atoms with van der Waals surface area (Å²) in [6, 6.07) is 10.2. The van der Waals surface area contributed by atoms with Gasteiger partial charge in [0.2, 0.25) is 5.91 Å². The Hall–Kier alpha value is -1.39. The van der Waals surface area contributed by atoms with Crippen molar-refractivity contribution < 1.29 is 4.79 Å². The standard InChI is InChI=1S/C17H27N3O/c1-14(18)17(21)19(2)11-16-9-6-10-20(13-16)12-15-7-4-3-5-8-15/h3-5,7-8,14,16H,6,9-13,18H2,1-2H3/t14-,16-/m0/s1. The SMILES string of the molecule is C[C@H](N)C(=O)N(C)C[C@@H]1CCCN(Cc2ccccc2)C1. The van der Waals surface area contributed by atoms with Crippen LogP contribution in [-0.2, 0) is 11.3 Å². The molecular formula is C17H27N3O. The Morgan fingerprint density at radius 3 is 2.81 bits per heavy atom. The first-order chi connectivity index (χ1) is 10.1. The molecule has 21 heavy (non-hydrogen) atoms. The van der Waals surface area contributed by atoms with Crippen LogP contribution in [0.5, 0.6) is 0 Å². The maximum Gasteiger partial charge on any atom is 0.238 e. The van der Waals surface area contributed by atoms with Crippen LogP contribution in [0.25, 0.3) is 0 Å². The van der Waals surface area contributed by atoms with E-state index in [0.717, 1.165) is 26.2 Å². The number of amides is 1. The quantitative estimate of drug-likeness (QED) is 0.897. The van der Waals surface area contributed by atoms with Crippen molar-refractivity contribution in [2.45, 2.75) is 32.4 Å². The molecule has 0 unspecified atom stereocenters. The Bertz CT molecular complexity index is 447. The van der Waals surface area contributed by atoms with Gasteiger partial charge in [0, 0.05) is 26.7 Å². The molecule has 0 saturated carbocycles. The summed E-state index contributed by atoms with van der Waals surface area (Å²) in [5, 5.41) is 0. The van der Waals surface area contributed by atoms with Gasteiger partial charge in [0.25, 0.3) is 0 Å². The molecule has 2 atom stereocenters. The normalized spacial score (nSPS) is 21.0. The molecule has 1 aromatic rings. The summed E-state index contributed by atoms with van der Waals surface area (Å²) in [6.07, 6.45) is 2.40. The highest BCUT2D eigenvalue weighted by Gasteiger charge is 2.23. The van der Waals surface area contributed by atoms with Crippen LogP contribution in [0.2, 0.25) is 0 Å². The highest BCUT2D eigenvalue weighted by Crippen LogP contribution is 2.19. The van der Waals surface area contributed by atoms with Gasteiger partial charge in [-0.05, 0) is 37.8 Å². The van der Waals surface area contributed by atoms with E-state index in [2.05, 4.69) is 35.2 Å². The van der Waals surface area contributed by atoms with Crippen molar-refractivity contribution in [1.29, 1.82) is 0 Å². The van der Waals surface area contributed by atoms with Gasteiger partial charge < -0.3 is 10.6 Å². The zero-order valence-electron chi connectivity index (χ0n) is 13.2. The summed E-state index contributed by atoms with van der Waals surface area (Å²) >= 11 is 0. The number of nitrogens with zero attached hydrogens (tertiary/aromatic N) is 2. The molecule has 1 aromatic carbocycles. The van der Waals surface area contributed by atoms with E-state index >= 15 is 0 Å². The number of benzene rings is 1. The molecule has 4 heteroatoms. The second-order valence-corrected chi connectivity index (χ2v) is 6.24. The third kappa shape index (κ3) is 4.83. The summed E-state index contributed by atoms with van der Waals surface area (Å²) in [6.45, 7) is 5.77. The Kier molecular flexibility index (Phi) is 5.76. The third-order valence-corrected chi connectivity index (χ3v) is 4.15. The van der Waals surface area contributed by atoms with Gasteiger partial charge in [-0.15, -0.1) is 0 Å². The summed E-state index contributed by atoms with van der Waals surface area (Å²) in [7, 11) is 1.86. The first-order valence-electron chi connectivity index (χ1n) is 7.83. The maximum atomic E-state index is 11.9. The van der Waals surface area contributed by atoms with Crippen LogP contribution in [0.15, 0.2) is 30.3 Å². The van der Waals surface area contributed by atoms with E-state index in [9.17, 15) is 4.79 Å². The van der Waals surface area contributed by atoms with Crippen molar-refractivity contribution in [2.75, 3.05) is 26.7 Å². The van der Waals surface area contributed by atoms with Crippen LogP contribution in [0, 0.1) is 5.92 Å². The van der Waals surface area contributed by atoms with Gasteiger partial charge >= 0.3 is 0 Å². The summed E-state index contributed by atoms with van der Waals surface area (Å²) in [5.41, 5.74) is 7.03. The van der Waals surface area contributed by atoms with Crippen molar-refractivity contribution in [3.63, 3.8) is 0 Å². The van der Waals surface area contributed by atoms with Crippen molar-refractivity contribution in [3.05, 3.63) is 35.9 Å². The minimum atomic E-state index is -0.404. The van der Waals surface area contributed by atoms with Crippen molar-refractivity contribution in [1.82, 2.24) is 9.80 Å². The number of carbonyl (C=O) groups is 1. The average molecular weight is 289 g/mol. The fraction of sp³-hybridized carbons (Fsp3) is 0.588. The minimum absolute atomic E-state index is 0.0372. The van der Waals surface area contributed by atoms with Crippen LogP contribution in [-0.4, -0.2) is 48.4 Å². The molecular weight excluding hydrogens is 262 g/mol. The predicted molar refractivity (Wildman–Crippen MR) is 85.7 cm³/mol. The van der Waals surface area contributed by atoms with E-state index in [1.807, 2.05) is 7.05 Å². The second kappa shape index (κ2) is 7.57. The van der Waals surface area contributed by atoms with Crippen LogP contribution in [0.4, 0.5) is 0 Å². The fourth-order valence-electron chi connectivity index (χ4n) is 3.11. The lowest BCUT2D eigenvalue weighted by Crippen LogP contribution is -2.45. The Labute approximate surface area is 127 Å². The number of likely N-dealkylation sites (N-methyl/N-ethyl adjacent to an activating group) is 1. The summed E-state index contributed by atoms with van der Waals surface area (Å²) < 4.78 is 0. The van der Waals surface area contributed by atoms with Gasteiger partial charge in [0.1, 0.15) is 0 Å². The summed E-state index contributed by atoms with van der Waals surface area (Å²) in [4.78, 5) is 16.2. The second-order valence-electron chi connectivity index (χ2n) is 6.24. The van der Waals surface area contributed by atoms with Crippen molar-refractivity contribution in [2.24, 2.45) is 11.7 Å². The molecule has 1 amide bonds. The van der Waals surface area contributed by atoms with Crippen LogP contribution < -0.4 is 5.73 Å². The molecule has 116 valence electrons. The molecule has 2 N–H and O–H groups in total. The molecule has 0 spiro atoms. The van der Waals surface area contributed by atoms with Crippen LogP contribution in [0.1, 0.15) is 25.3 Å². The van der Waals surface area contributed by atoms with Gasteiger partial charge in [0.05, 0.1) is 6.04 Å². The third-order valence-electron chi connectivity index (χ3n) is 4.15. The number of hydrogen-bond acceptors (Lipinski definition) is 3. The van der Waals surface area contributed by atoms with E-state index in [-0.39, 0.29) is 5.91 Å². The van der Waals surface area contributed by atoms with E-state index in [1.54, 1.807) is 11.8 Å². The van der Waals surface area contributed by atoms with E-state index in [0.29, 0.717) is 5.92 Å². The van der Waals surface area contributed by atoms with Crippen LogP contribution >= 0.6 is 0 Å². The zero-order valence-corrected chi connectivity index (χ0v) is 13.2. The molecule has 0 radical (unpaired) electrons. The van der Waals surface area contributed by atoms with E-state index in [1.165, 1.54) is 18.4 Å². The maximum absolute atomic E-state index is 11.9. The van der Waals surface area contributed by atoms with E-state index in [4.69, 9.17) is 5.73 Å². The zero-order chi connectivity index (χ0) is 15.2. The smallest absolute Gasteiger partial charge is 0.238 e. The number of nitrogens with two attached hydrogens (primary N) is 1. The molecule has 0 bridgehead atoms. The lowest BCUT2D eigenvalue weighted by molar-refractivity contribution is -0.131. The molecule has 4 nitrogen and oxygen atoms in total. The van der Waals surface area contributed by atoms with Gasteiger partial charge in [0.15, 0.2) is 0 Å². The van der Waals surface area contributed by atoms with Gasteiger partial charge in [-0.1, -0.05) is 30.3 Å². The highest BCUT2D eigenvalue weighted by atomic mass is 16.2. The summed E-state index contributed by atoms with van der Waals surface area (Å²) in [5.74, 6) is 0.588. The lowest BCUT2D eigenvalue weighted by Gasteiger charge is -2.35. The molecule has 2 rings (SSSR count). The van der Waals surface area contributed by atoms with Gasteiger partial charge in [-0.3, -0.25) is 9.69 Å². The Balaban J connectivity index is 1.85. The topological polar surface area (TPSA) is 49.6 Å². The average Bonchev–Trinajstić information content (AvgIpc) is 2.47. The number of rotatable bonds is 5. The van der Waals surface area contributed by atoms with E-state index < -0.39 is 6.04 Å². The number of piperidine rings is 1. The molecule has 1 aliphatic rings. The number of carbonyl (C=O) groups excluding carboxylic acids is 1. The Morgan fingerprint density at radius 2 is 2.14 bits per heavy atom. The monoisotopic (exact) mass is 289 g/mol. The first-order valence-corrected chi connectivity index (χ1v) is 7.83. The fourth-order valence-corrected chi connectivity index (χ4v) is 3.11. The van der Waals surface area contributed by atoms with Crippen molar-refractivity contribution >= 4 is 5.91 Å². The van der Waals surface area contributed by atoms with Crippen LogP contribution in [0.3, 0.4) is 0 Å². The molecule has 1 heterocycles. The highest BCUT2D eigenvalue weighted by molar-refractivity contribution is 5.80. The Morgan fingerprint density at radius 1 is 1.43 bits per heavy atom. The van der Waals surface area contributed by atoms with Gasteiger partial charge in [-0.2, -0.15) is 0 Å². The largest absolute Gasteiger partial charge is 0.344 e. The molecule has 1 aliphatic heterocycles. The number of likely N-dealkylation sites (tertiary alicyclic amines) is 1. The molecule has 1 fully saturated rings. The van der Waals surface area contributed by atoms with Gasteiger partial charge in [-0.25, -0.2) is 0 Å².